The summed E-state index contributed by atoms with van der Waals surface area (Å²) >= 11 is 0. The van der Waals surface area contributed by atoms with Crippen molar-refractivity contribution in [1.29, 1.82) is 0 Å². The number of nitrogens with one attached hydrogen (secondary N) is 1. The fraction of sp³-hybridized carbons (Fsp3) is 0.462. The Balaban J connectivity index is 1.93. The molecule has 1 aromatic rings. The molecule has 1 fully saturated rings. The first kappa shape index (κ1) is 12.5. The smallest absolute Gasteiger partial charge is 0.307 e. The maximum Gasteiger partial charge on any atom is 0.307 e. The van der Waals surface area contributed by atoms with E-state index in [0.717, 1.165) is 5.56 Å². The normalized spacial score (nSPS) is 24.3. The molecule has 0 bridgehead atoms. The van der Waals surface area contributed by atoms with Gasteiger partial charge in [0, 0.05) is 18.9 Å². The second-order valence-electron chi connectivity index (χ2n) is 5.19. The summed E-state index contributed by atoms with van der Waals surface area (Å²) in [5.41, 5.74) is 0.446. The van der Waals surface area contributed by atoms with Crippen molar-refractivity contribution >= 4 is 11.9 Å². The van der Waals surface area contributed by atoms with Crippen molar-refractivity contribution in [2.24, 2.45) is 17.3 Å². The highest BCUT2D eigenvalue weighted by molar-refractivity contribution is 5.91. The molecule has 2 N–H and O–H groups in total. The number of carbonyl (C=O) groups excluding carboxylic acids is 1. The van der Waals surface area contributed by atoms with Gasteiger partial charge in [0.25, 0.3) is 0 Å². The van der Waals surface area contributed by atoms with Crippen LogP contribution in [0.4, 0.5) is 0 Å². The molecule has 1 aliphatic rings. The monoisotopic (exact) mass is 248 g/mol. The molecule has 96 valence electrons. The van der Waals surface area contributed by atoms with E-state index in [4.69, 9.17) is 5.11 Å². The van der Waals surface area contributed by atoms with Crippen molar-refractivity contribution in [1.82, 2.24) is 10.3 Å². The predicted octanol–water partition coefficient (Wildman–Crippen LogP) is 1.05. The van der Waals surface area contributed by atoms with Gasteiger partial charge in [-0.1, -0.05) is 19.9 Å². The molecule has 5 heteroatoms. The SMILES string of the molecule is CC1(C)C(C(=O)O)C1C(=O)NCc1cccnc1. The maximum atomic E-state index is 11.9. The third-order valence-electron chi connectivity index (χ3n) is 3.57. The van der Waals surface area contributed by atoms with Gasteiger partial charge in [-0.05, 0) is 17.0 Å². The standard InChI is InChI=1S/C13H16N2O3/c1-13(2)9(10(13)12(17)18)11(16)15-7-8-4-3-5-14-6-8/h3-6,9-10H,7H2,1-2H3,(H,15,16)(H,17,18). The van der Waals surface area contributed by atoms with E-state index in [9.17, 15) is 9.59 Å². The largest absolute Gasteiger partial charge is 0.481 e. The quantitative estimate of drug-likeness (QED) is 0.834. The van der Waals surface area contributed by atoms with Crippen molar-refractivity contribution in [3.63, 3.8) is 0 Å². The number of rotatable bonds is 4. The molecule has 0 saturated heterocycles. The highest BCUT2D eigenvalue weighted by atomic mass is 16.4. The molecule has 0 aliphatic heterocycles. The fourth-order valence-electron chi connectivity index (χ4n) is 2.39. The summed E-state index contributed by atoms with van der Waals surface area (Å²) in [6.45, 7) is 3.99. The molecule has 2 unspecified atom stereocenters. The van der Waals surface area contributed by atoms with Gasteiger partial charge in [-0.3, -0.25) is 14.6 Å². The van der Waals surface area contributed by atoms with Gasteiger partial charge < -0.3 is 10.4 Å². The number of pyridine rings is 1. The lowest BCUT2D eigenvalue weighted by Gasteiger charge is -2.05. The summed E-state index contributed by atoms with van der Waals surface area (Å²) in [6.07, 6.45) is 3.34. The molecule has 2 rings (SSSR count). The number of aliphatic carboxylic acids is 1. The van der Waals surface area contributed by atoms with Crippen LogP contribution in [0.5, 0.6) is 0 Å². The molecule has 1 amide bonds. The van der Waals surface area contributed by atoms with E-state index < -0.39 is 23.2 Å². The zero-order valence-electron chi connectivity index (χ0n) is 10.4. The van der Waals surface area contributed by atoms with E-state index in [-0.39, 0.29) is 5.91 Å². The third kappa shape index (κ3) is 2.20. The zero-order valence-corrected chi connectivity index (χ0v) is 10.4. The van der Waals surface area contributed by atoms with Crippen molar-refractivity contribution in [3.8, 4) is 0 Å². The minimum absolute atomic E-state index is 0.198. The van der Waals surface area contributed by atoms with Crippen LogP contribution < -0.4 is 5.32 Å². The summed E-state index contributed by atoms with van der Waals surface area (Å²) in [4.78, 5) is 26.8. The molecule has 5 nitrogen and oxygen atoms in total. The number of hydrogen-bond acceptors (Lipinski definition) is 3. The minimum Gasteiger partial charge on any atom is -0.481 e. The topological polar surface area (TPSA) is 79.3 Å². The van der Waals surface area contributed by atoms with Crippen LogP contribution in [0.15, 0.2) is 24.5 Å². The molecule has 1 aromatic heterocycles. The Labute approximate surface area is 105 Å². The van der Waals surface area contributed by atoms with Gasteiger partial charge in [0.05, 0.1) is 11.8 Å². The Morgan fingerprint density at radius 3 is 2.67 bits per heavy atom. The molecule has 1 aliphatic carbocycles. The van der Waals surface area contributed by atoms with E-state index in [1.165, 1.54) is 0 Å². The number of nitrogens with zero attached hydrogens (tertiary/aromatic N) is 1. The van der Waals surface area contributed by atoms with Crippen molar-refractivity contribution in [2.75, 3.05) is 0 Å². The average Bonchev–Trinajstić information content (AvgIpc) is 2.91. The minimum atomic E-state index is -0.901. The molecule has 2 atom stereocenters. The maximum absolute atomic E-state index is 11.9. The fourth-order valence-corrected chi connectivity index (χ4v) is 2.39. The third-order valence-corrected chi connectivity index (χ3v) is 3.57. The number of amides is 1. The molecule has 0 radical (unpaired) electrons. The summed E-state index contributed by atoms with van der Waals surface area (Å²) in [5.74, 6) is -2.11. The number of hydrogen-bond donors (Lipinski definition) is 2. The van der Waals surface area contributed by atoms with Crippen LogP contribution >= 0.6 is 0 Å². The Kier molecular flexibility index (Phi) is 3.07. The van der Waals surface area contributed by atoms with Crippen LogP contribution in [-0.2, 0) is 16.1 Å². The van der Waals surface area contributed by atoms with E-state index in [2.05, 4.69) is 10.3 Å². The first-order valence-corrected chi connectivity index (χ1v) is 5.84. The van der Waals surface area contributed by atoms with Gasteiger partial charge >= 0.3 is 5.97 Å². The first-order chi connectivity index (χ1) is 8.44. The van der Waals surface area contributed by atoms with Crippen LogP contribution in [0.1, 0.15) is 19.4 Å². The Morgan fingerprint density at radius 2 is 2.17 bits per heavy atom. The number of aromatic nitrogens is 1. The van der Waals surface area contributed by atoms with Crippen LogP contribution in [0, 0.1) is 17.3 Å². The molecule has 0 spiro atoms. The molecule has 1 heterocycles. The second kappa shape index (κ2) is 4.40. The summed E-state index contributed by atoms with van der Waals surface area (Å²) < 4.78 is 0. The summed E-state index contributed by atoms with van der Waals surface area (Å²) in [5, 5.41) is 11.8. The van der Waals surface area contributed by atoms with Gasteiger partial charge in [0.15, 0.2) is 0 Å². The van der Waals surface area contributed by atoms with E-state index in [0.29, 0.717) is 6.54 Å². The van der Waals surface area contributed by atoms with Crippen molar-refractivity contribution in [2.45, 2.75) is 20.4 Å². The molecular formula is C13H16N2O3. The van der Waals surface area contributed by atoms with Gasteiger partial charge in [0.1, 0.15) is 0 Å². The summed E-state index contributed by atoms with van der Waals surface area (Å²) in [6, 6.07) is 3.66. The number of carboxylic acids is 1. The van der Waals surface area contributed by atoms with Gasteiger partial charge in [-0.15, -0.1) is 0 Å². The number of carboxylic acid groups (broad SMARTS) is 1. The van der Waals surface area contributed by atoms with Crippen LogP contribution in [0.3, 0.4) is 0 Å². The van der Waals surface area contributed by atoms with Gasteiger partial charge in [0.2, 0.25) is 5.91 Å². The highest BCUT2D eigenvalue weighted by Crippen LogP contribution is 2.58. The van der Waals surface area contributed by atoms with Crippen molar-refractivity contribution < 1.29 is 14.7 Å². The highest BCUT2D eigenvalue weighted by Gasteiger charge is 2.65. The van der Waals surface area contributed by atoms with E-state index in [1.807, 2.05) is 6.07 Å². The lowest BCUT2D eigenvalue weighted by Crippen LogP contribution is -2.26. The molecule has 1 saturated carbocycles. The lowest BCUT2D eigenvalue weighted by molar-refractivity contribution is -0.140. The van der Waals surface area contributed by atoms with Gasteiger partial charge in [-0.2, -0.15) is 0 Å². The Hall–Kier alpha value is -1.91. The summed E-state index contributed by atoms with van der Waals surface area (Å²) in [7, 11) is 0. The van der Waals surface area contributed by atoms with Crippen molar-refractivity contribution in [3.05, 3.63) is 30.1 Å². The zero-order chi connectivity index (χ0) is 13.3. The molecular weight excluding hydrogens is 232 g/mol. The predicted molar refractivity (Wildman–Crippen MR) is 64.5 cm³/mol. The second-order valence-corrected chi connectivity index (χ2v) is 5.19. The first-order valence-electron chi connectivity index (χ1n) is 5.84. The van der Waals surface area contributed by atoms with Crippen LogP contribution in [0.25, 0.3) is 0 Å². The average molecular weight is 248 g/mol. The Morgan fingerprint density at radius 1 is 1.44 bits per heavy atom. The van der Waals surface area contributed by atoms with Crippen LogP contribution in [0.2, 0.25) is 0 Å². The molecule has 0 aromatic carbocycles. The van der Waals surface area contributed by atoms with E-state index >= 15 is 0 Å². The Bertz CT molecular complexity index is 470. The van der Waals surface area contributed by atoms with Crippen LogP contribution in [-0.4, -0.2) is 22.0 Å². The van der Waals surface area contributed by atoms with Gasteiger partial charge in [-0.25, -0.2) is 0 Å². The molecule has 18 heavy (non-hydrogen) atoms. The number of carbonyl (C=O) groups is 2. The van der Waals surface area contributed by atoms with E-state index in [1.54, 1.807) is 32.3 Å². The lowest BCUT2D eigenvalue weighted by atomic mass is 10.1.